The Balaban J connectivity index is 1.29. The summed E-state index contributed by atoms with van der Waals surface area (Å²) in [6.45, 7) is 3.14. The van der Waals surface area contributed by atoms with Crippen molar-refractivity contribution in [1.82, 2.24) is 0 Å². The Morgan fingerprint density at radius 3 is 2.68 bits per heavy atom. The number of amides is 3. The number of carbonyl (C=O) groups is 3. The highest BCUT2D eigenvalue weighted by molar-refractivity contribution is 6.04. The number of hydrogen-bond acceptors (Lipinski definition) is 3. The second-order valence-electron chi connectivity index (χ2n) is 8.73. The van der Waals surface area contributed by atoms with Gasteiger partial charge in [0.15, 0.2) is 0 Å². The summed E-state index contributed by atoms with van der Waals surface area (Å²) in [6.07, 6.45) is 3.85. The Morgan fingerprint density at radius 2 is 1.90 bits per heavy atom. The van der Waals surface area contributed by atoms with Gasteiger partial charge in [0.2, 0.25) is 17.7 Å². The number of aryl methyl sites for hydroxylation is 1. The van der Waals surface area contributed by atoms with Gasteiger partial charge in [-0.15, -0.1) is 0 Å². The molecule has 31 heavy (non-hydrogen) atoms. The summed E-state index contributed by atoms with van der Waals surface area (Å²) in [5.74, 6) is -0.0961. The van der Waals surface area contributed by atoms with E-state index in [-0.39, 0.29) is 36.0 Å². The first-order chi connectivity index (χ1) is 15.0. The molecule has 1 aliphatic carbocycles. The van der Waals surface area contributed by atoms with Gasteiger partial charge in [0.05, 0.1) is 5.92 Å². The molecular formula is C25H27N3O3. The van der Waals surface area contributed by atoms with E-state index in [1.807, 2.05) is 47.4 Å². The molecule has 2 heterocycles. The monoisotopic (exact) mass is 417 g/mol. The molecule has 0 bridgehead atoms. The largest absolute Gasteiger partial charge is 0.326 e. The van der Waals surface area contributed by atoms with Crippen LogP contribution in [0.15, 0.2) is 42.5 Å². The Bertz CT molecular complexity index is 1060. The molecular weight excluding hydrogens is 390 g/mol. The number of para-hydroxylation sites is 1. The number of fused-ring (bicyclic) bond motifs is 1. The second-order valence-corrected chi connectivity index (χ2v) is 8.73. The standard InChI is InChI=1S/C25H27N3O3/c1-2-16-5-3-4-6-21(16)26-24(30)19-14-23(29)28(15-19)20-9-10-22-18(13-20)11-12-27(22)25(31)17-7-8-17/h3-6,9-10,13,17,19H,2,7-8,11-12,14-15H2,1H3,(H,26,30)/t19-/m1/s1. The Morgan fingerprint density at radius 1 is 1.10 bits per heavy atom. The predicted octanol–water partition coefficient (Wildman–Crippen LogP) is 3.54. The fraction of sp³-hybridized carbons (Fsp3) is 0.400. The third-order valence-corrected chi connectivity index (χ3v) is 6.61. The fourth-order valence-electron chi connectivity index (χ4n) is 4.65. The first-order valence-corrected chi connectivity index (χ1v) is 11.2. The number of nitrogens with zero attached hydrogens (tertiary/aromatic N) is 2. The molecule has 1 atom stereocenters. The van der Waals surface area contributed by atoms with Gasteiger partial charge in [0.1, 0.15) is 0 Å². The van der Waals surface area contributed by atoms with Gasteiger partial charge >= 0.3 is 0 Å². The molecule has 3 aliphatic rings. The summed E-state index contributed by atoms with van der Waals surface area (Å²) in [6, 6.07) is 13.6. The summed E-state index contributed by atoms with van der Waals surface area (Å²) < 4.78 is 0. The van der Waals surface area contributed by atoms with E-state index in [1.165, 1.54) is 0 Å². The highest BCUT2D eigenvalue weighted by Gasteiger charge is 2.38. The van der Waals surface area contributed by atoms with Gasteiger partial charge in [-0.1, -0.05) is 25.1 Å². The average molecular weight is 418 g/mol. The molecule has 2 aromatic carbocycles. The van der Waals surface area contributed by atoms with Gasteiger partial charge in [0, 0.05) is 42.5 Å². The van der Waals surface area contributed by atoms with Crippen molar-refractivity contribution in [3.05, 3.63) is 53.6 Å². The van der Waals surface area contributed by atoms with Crippen LogP contribution in [-0.2, 0) is 27.2 Å². The maximum absolute atomic E-state index is 12.8. The molecule has 3 amide bonds. The zero-order valence-corrected chi connectivity index (χ0v) is 17.8. The third-order valence-electron chi connectivity index (χ3n) is 6.61. The maximum Gasteiger partial charge on any atom is 0.230 e. The van der Waals surface area contributed by atoms with Gasteiger partial charge in [-0.3, -0.25) is 14.4 Å². The van der Waals surface area contributed by atoms with Gasteiger partial charge in [-0.2, -0.15) is 0 Å². The van der Waals surface area contributed by atoms with Crippen molar-refractivity contribution in [1.29, 1.82) is 0 Å². The van der Waals surface area contributed by atoms with E-state index in [0.717, 1.165) is 53.9 Å². The van der Waals surface area contributed by atoms with Crippen molar-refractivity contribution in [2.45, 2.75) is 39.0 Å². The lowest BCUT2D eigenvalue weighted by atomic mass is 10.1. The first kappa shape index (κ1) is 19.8. The quantitative estimate of drug-likeness (QED) is 0.809. The van der Waals surface area contributed by atoms with Crippen LogP contribution in [0, 0.1) is 11.8 Å². The summed E-state index contributed by atoms with van der Waals surface area (Å²) in [4.78, 5) is 41.7. The van der Waals surface area contributed by atoms with Gasteiger partial charge < -0.3 is 15.1 Å². The van der Waals surface area contributed by atoms with E-state index in [2.05, 4.69) is 12.2 Å². The zero-order valence-electron chi connectivity index (χ0n) is 17.8. The van der Waals surface area contributed by atoms with E-state index in [0.29, 0.717) is 13.1 Å². The van der Waals surface area contributed by atoms with Crippen LogP contribution in [0.1, 0.15) is 37.3 Å². The summed E-state index contributed by atoms with van der Waals surface area (Å²) in [7, 11) is 0. The van der Waals surface area contributed by atoms with Crippen molar-refractivity contribution in [3.63, 3.8) is 0 Å². The van der Waals surface area contributed by atoms with Crippen LogP contribution < -0.4 is 15.1 Å². The van der Waals surface area contributed by atoms with Crippen LogP contribution >= 0.6 is 0 Å². The number of hydrogen-bond donors (Lipinski definition) is 1. The number of benzene rings is 2. The van der Waals surface area contributed by atoms with E-state index in [4.69, 9.17) is 0 Å². The van der Waals surface area contributed by atoms with Crippen molar-refractivity contribution >= 4 is 34.8 Å². The Hall–Kier alpha value is -3.15. The van der Waals surface area contributed by atoms with Crippen LogP contribution in [0.3, 0.4) is 0 Å². The van der Waals surface area contributed by atoms with Crippen molar-refractivity contribution in [2.24, 2.45) is 11.8 Å². The normalized spacial score (nSPS) is 20.2. The smallest absolute Gasteiger partial charge is 0.230 e. The van der Waals surface area contributed by atoms with Crippen molar-refractivity contribution < 1.29 is 14.4 Å². The number of rotatable bonds is 5. The molecule has 2 aliphatic heterocycles. The number of carbonyl (C=O) groups excluding carboxylic acids is 3. The summed E-state index contributed by atoms with van der Waals surface area (Å²) >= 11 is 0. The van der Waals surface area contributed by atoms with E-state index < -0.39 is 0 Å². The van der Waals surface area contributed by atoms with E-state index in [1.54, 1.807) is 4.90 Å². The minimum atomic E-state index is -0.376. The molecule has 2 aromatic rings. The Labute approximate surface area is 182 Å². The van der Waals surface area contributed by atoms with Crippen LogP contribution in [0.25, 0.3) is 0 Å². The molecule has 0 aromatic heterocycles. The van der Waals surface area contributed by atoms with Crippen molar-refractivity contribution in [3.8, 4) is 0 Å². The predicted molar refractivity (Wildman–Crippen MR) is 120 cm³/mol. The third kappa shape index (κ3) is 3.71. The molecule has 2 fully saturated rings. The molecule has 6 heteroatoms. The molecule has 1 N–H and O–H groups in total. The fourth-order valence-corrected chi connectivity index (χ4v) is 4.65. The van der Waals surface area contributed by atoms with Gasteiger partial charge in [-0.05, 0) is 61.1 Å². The summed E-state index contributed by atoms with van der Waals surface area (Å²) in [5, 5.41) is 3.01. The molecule has 160 valence electrons. The molecule has 6 nitrogen and oxygen atoms in total. The molecule has 0 radical (unpaired) electrons. The number of nitrogens with one attached hydrogen (secondary N) is 1. The minimum absolute atomic E-state index is 0.0345. The second kappa shape index (κ2) is 7.84. The topological polar surface area (TPSA) is 69.7 Å². The number of anilines is 3. The highest BCUT2D eigenvalue weighted by atomic mass is 16.2. The van der Waals surface area contributed by atoms with Crippen molar-refractivity contribution in [2.75, 3.05) is 28.2 Å². The lowest BCUT2D eigenvalue weighted by molar-refractivity contribution is -0.122. The summed E-state index contributed by atoms with van der Waals surface area (Å²) in [5.41, 5.74) is 4.79. The van der Waals surface area contributed by atoms with E-state index in [9.17, 15) is 14.4 Å². The van der Waals surface area contributed by atoms with E-state index >= 15 is 0 Å². The first-order valence-electron chi connectivity index (χ1n) is 11.2. The molecule has 1 saturated carbocycles. The SMILES string of the molecule is CCc1ccccc1NC(=O)[C@@H]1CC(=O)N(c2ccc3c(c2)CCN3C(=O)C2CC2)C1. The van der Waals surface area contributed by atoms with Crippen LogP contribution in [0.4, 0.5) is 17.1 Å². The van der Waals surface area contributed by atoms with Crippen LogP contribution in [0.5, 0.6) is 0 Å². The molecule has 0 unspecified atom stereocenters. The molecule has 1 saturated heterocycles. The maximum atomic E-state index is 12.8. The lowest BCUT2D eigenvalue weighted by Crippen LogP contribution is -2.30. The lowest BCUT2D eigenvalue weighted by Gasteiger charge is -2.20. The Kier molecular flexibility index (Phi) is 5.00. The molecule has 0 spiro atoms. The minimum Gasteiger partial charge on any atom is -0.326 e. The molecule has 5 rings (SSSR count). The highest BCUT2D eigenvalue weighted by Crippen LogP contribution is 2.38. The zero-order chi connectivity index (χ0) is 21.5. The van der Waals surface area contributed by atoms with Crippen LogP contribution in [0.2, 0.25) is 0 Å². The van der Waals surface area contributed by atoms with Gasteiger partial charge in [-0.25, -0.2) is 0 Å². The van der Waals surface area contributed by atoms with Crippen LogP contribution in [-0.4, -0.2) is 30.8 Å². The van der Waals surface area contributed by atoms with Gasteiger partial charge in [0.25, 0.3) is 0 Å². The average Bonchev–Trinajstić information content (AvgIpc) is 3.43.